The standard InChI is InChI=1S/C8H7FO3S/c9-8-4-2-1-3-7(8)5-6-13(10,11)12/h1-6H,(H,10,11,12). The van der Waals surface area contributed by atoms with Gasteiger partial charge in [-0.1, -0.05) is 18.2 Å². The van der Waals surface area contributed by atoms with E-state index in [4.69, 9.17) is 4.55 Å². The topological polar surface area (TPSA) is 54.4 Å². The molecule has 0 amide bonds. The number of halogens is 1. The highest BCUT2D eigenvalue weighted by Crippen LogP contribution is 2.08. The predicted octanol–water partition coefficient (Wildman–Crippen LogP) is 1.68. The van der Waals surface area contributed by atoms with E-state index in [1.54, 1.807) is 6.07 Å². The van der Waals surface area contributed by atoms with Crippen LogP contribution in [0.15, 0.2) is 29.7 Å². The molecule has 1 aromatic carbocycles. The lowest BCUT2D eigenvalue weighted by atomic mass is 10.2. The maximum atomic E-state index is 12.8. The van der Waals surface area contributed by atoms with Crippen molar-refractivity contribution in [2.45, 2.75) is 0 Å². The van der Waals surface area contributed by atoms with Crippen LogP contribution in [0.5, 0.6) is 0 Å². The molecule has 0 aromatic heterocycles. The molecule has 1 N–H and O–H groups in total. The summed E-state index contributed by atoms with van der Waals surface area (Å²) in [6.07, 6.45) is 0.991. The van der Waals surface area contributed by atoms with Gasteiger partial charge in [0.05, 0.1) is 5.41 Å². The zero-order valence-corrected chi connectivity index (χ0v) is 7.33. The summed E-state index contributed by atoms with van der Waals surface area (Å²) in [5, 5.41) is 0.533. The van der Waals surface area contributed by atoms with E-state index < -0.39 is 15.9 Å². The van der Waals surface area contributed by atoms with E-state index in [0.717, 1.165) is 6.08 Å². The second kappa shape index (κ2) is 3.68. The molecule has 1 aromatic rings. The minimum Gasteiger partial charge on any atom is -0.282 e. The Balaban J connectivity index is 3.00. The summed E-state index contributed by atoms with van der Waals surface area (Å²) < 4.78 is 41.7. The first-order valence-electron chi connectivity index (χ1n) is 3.39. The van der Waals surface area contributed by atoms with Crippen LogP contribution in [-0.2, 0) is 10.1 Å². The Bertz CT molecular complexity index is 423. The van der Waals surface area contributed by atoms with E-state index in [-0.39, 0.29) is 5.56 Å². The molecule has 0 fully saturated rings. The van der Waals surface area contributed by atoms with Gasteiger partial charge in [0.1, 0.15) is 5.82 Å². The maximum Gasteiger partial charge on any atom is 0.287 e. The van der Waals surface area contributed by atoms with E-state index >= 15 is 0 Å². The van der Waals surface area contributed by atoms with E-state index in [1.807, 2.05) is 0 Å². The Morgan fingerprint density at radius 3 is 2.46 bits per heavy atom. The average molecular weight is 202 g/mol. The number of rotatable bonds is 2. The molecule has 5 heteroatoms. The van der Waals surface area contributed by atoms with Crippen LogP contribution in [0.1, 0.15) is 5.56 Å². The Morgan fingerprint density at radius 2 is 1.92 bits per heavy atom. The molecule has 0 aliphatic carbocycles. The molecule has 0 unspecified atom stereocenters. The molecule has 1 rings (SSSR count). The molecule has 3 nitrogen and oxygen atoms in total. The molecule has 0 spiro atoms. The van der Waals surface area contributed by atoms with Gasteiger partial charge in [-0.25, -0.2) is 4.39 Å². The van der Waals surface area contributed by atoms with Crippen molar-refractivity contribution in [2.75, 3.05) is 0 Å². The lowest BCUT2D eigenvalue weighted by Gasteiger charge is -1.93. The number of hydrogen-bond acceptors (Lipinski definition) is 2. The van der Waals surface area contributed by atoms with Crippen LogP contribution in [0.2, 0.25) is 0 Å². The molecule has 0 saturated heterocycles. The molecule has 0 heterocycles. The first-order valence-corrected chi connectivity index (χ1v) is 4.89. The van der Waals surface area contributed by atoms with Crippen molar-refractivity contribution < 1.29 is 17.4 Å². The van der Waals surface area contributed by atoms with E-state index in [2.05, 4.69) is 0 Å². The smallest absolute Gasteiger partial charge is 0.282 e. The minimum atomic E-state index is -4.19. The third-order valence-electron chi connectivity index (χ3n) is 1.32. The van der Waals surface area contributed by atoms with Gasteiger partial charge in [-0.15, -0.1) is 0 Å². The maximum absolute atomic E-state index is 12.8. The van der Waals surface area contributed by atoms with E-state index in [9.17, 15) is 12.8 Å². The van der Waals surface area contributed by atoms with Crippen LogP contribution in [0.3, 0.4) is 0 Å². The predicted molar refractivity (Wildman–Crippen MR) is 47.0 cm³/mol. The van der Waals surface area contributed by atoms with Gasteiger partial charge in [0.15, 0.2) is 0 Å². The average Bonchev–Trinajstić information content (AvgIpc) is 2.01. The molecule has 0 radical (unpaired) electrons. The second-order valence-corrected chi connectivity index (χ2v) is 3.64. The number of benzene rings is 1. The number of hydrogen-bond donors (Lipinski definition) is 1. The first kappa shape index (κ1) is 9.88. The molecular formula is C8H7FO3S. The highest BCUT2D eigenvalue weighted by Gasteiger charge is 1.99. The van der Waals surface area contributed by atoms with Gasteiger partial charge in [-0.05, 0) is 12.1 Å². The van der Waals surface area contributed by atoms with Crippen LogP contribution < -0.4 is 0 Å². The van der Waals surface area contributed by atoms with Crippen molar-refractivity contribution in [3.05, 3.63) is 41.1 Å². The summed E-state index contributed by atoms with van der Waals surface area (Å²) in [4.78, 5) is 0. The van der Waals surface area contributed by atoms with E-state index in [1.165, 1.54) is 18.2 Å². The normalized spacial score (nSPS) is 12.2. The molecule has 70 valence electrons. The van der Waals surface area contributed by atoms with Gasteiger partial charge in [-0.3, -0.25) is 4.55 Å². The fourth-order valence-corrected chi connectivity index (χ4v) is 1.09. The van der Waals surface area contributed by atoms with E-state index in [0.29, 0.717) is 5.41 Å². The molecule has 0 aliphatic heterocycles. The van der Waals surface area contributed by atoms with Crippen molar-refractivity contribution in [1.29, 1.82) is 0 Å². The largest absolute Gasteiger partial charge is 0.287 e. The van der Waals surface area contributed by atoms with Gasteiger partial charge < -0.3 is 0 Å². The van der Waals surface area contributed by atoms with Crippen molar-refractivity contribution in [3.63, 3.8) is 0 Å². The van der Waals surface area contributed by atoms with Crippen LogP contribution >= 0.6 is 0 Å². The molecule has 0 atom stereocenters. The summed E-state index contributed by atoms with van der Waals surface area (Å²) in [6.45, 7) is 0. The monoisotopic (exact) mass is 202 g/mol. The highest BCUT2D eigenvalue weighted by atomic mass is 32.2. The first-order chi connectivity index (χ1) is 5.99. The van der Waals surface area contributed by atoms with Crippen LogP contribution in [0, 0.1) is 5.82 Å². The third-order valence-corrected chi connectivity index (χ3v) is 1.80. The zero-order chi connectivity index (χ0) is 9.90. The minimum absolute atomic E-state index is 0.111. The Labute approximate surface area is 75.3 Å². The lowest BCUT2D eigenvalue weighted by molar-refractivity contribution is 0.494. The highest BCUT2D eigenvalue weighted by molar-refractivity contribution is 7.88. The van der Waals surface area contributed by atoms with Gasteiger partial charge in [0, 0.05) is 5.56 Å². The van der Waals surface area contributed by atoms with Crippen LogP contribution in [0.4, 0.5) is 4.39 Å². The third kappa shape index (κ3) is 3.35. The second-order valence-electron chi connectivity index (χ2n) is 2.34. The van der Waals surface area contributed by atoms with Crippen molar-refractivity contribution >= 4 is 16.2 Å². The van der Waals surface area contributed by atoms with Crippen LogP contribution in [0.25, 0.3) is 6.08 Å². The van der Waals surface area contributed by atoms with Crippen molar-refractivity contribution in [1.82, 2.24) is 0 Å². The summed E-state index contributed by atoms with van der Waals surface area (Å²) >= 11 is 0. The van der Waals surface area contributed by atoms with Gasteiger partial charge >= 0.3 is 0 Å². The summed E-state index contributed by atoms with van der Waals surface area (Å²) in [5.41, 5.74) is 0.111. The van der Waals surface area contributed by atoms with Crippen LogP contribution in [-0.4, -0.2) is 13.0 Å². The Kier molecular flexibility index (Phi) is 2.79. The van der Waals surface area contributed by atoms with Crippen molar-refractivity contribution in [3.8, 4) is 0 Å². The Morgan fingerprint density at radius 1 is 1.31 bits per heavy atom. The zero-order valence-electron chi connectivity index (χ0n) is 6.51. The van der Waals surface area contributed by atoms with Gasteiger partial charge in [0.2, 0.25) is 0 Å². The fraction of sp³-hybridized carbons (Fsp3) is 0. The molecule has 0 saturated carbocycles. The summed E-state index contributed by atoms with van der Waals surface area (Å²) in [7, 11) is -4.19. The Hall–Kier alpha value is -1.20. The molecule has 0 bridgehead atoms. The van der Waals surface area contributed by atoms with Gasteiger partial charge in [-0.2, -0.15) is 8.42 Å². The summed E-state index contributed by atoms with van der Waals surface area (Å²) in [6, 6.07) is 5.65. The van der Waals surface area contributed by atoms with Crippen molar-refractivity contribution in [2.24, 2.45) is 0 Å². The molecule has 0 aliphatic rings. The summed E-state index contributed by atoms with van der Waals surface area (Å²) in [5.74, 6) is -0.539. The lowest BCUT2D eigenvalue weighted by Crippen LogP contribution is -1.89. The SMILES string of the molecule is O=S(=O)(O)C=Cc1ccccc1F. The van der Waals surface area contributed by atoms with Gasteiger partial charge in [0.25, 0.3) is 10.1 Å². The molecular weight excluding hydrogens is 195 g/mol. The molecule has 13 heavy (non-hydrogen) atoms. The quantitative estimate of drug-likeness (QED) is 0.742. The fourth-order valence-electron chi connectivity index (χ4n) is 0.770.